The lowest BCUT2D eigenvalue weighted by Gasteiger charge is -2.39. The molecule has 3 aromatic rings. The maximum Gasteiger partial charge on any atom is 0.131 e. The molecule has 1 aliphatic heterocycles. The smallest absolute Gasteiger partial charge is 0.131 e. The van der Waals surface area contributed by atoms with E-state index in [0.29, 0.717) is 6.54 Å². The third-order valence-corrected chi connectivity index (χ3v) is 5.06. The largest absolute Gasteiger partial charge is 0.457 e. The van der Waals surface area contributed by atoms with Gasteiger partial charge < -0.3 is 10.5 Å². The molecule has 0 unspecified atom stereocenters. The van der Waals surface area contributed by atoms with Gasteiger partial charge in [-0.25, -0.2) is 0 Å². The van der Waals surface area contributed by atoms with Crippen molar-refractivity contribution >= 4 is 0 Å². The van der Waals surface area contributed by atoms with Gasteiger partial charge in [0.2, 0.25) is 0 Å². The molecular formula is C22H21NO. The number of benzene rings is 3. The van der Waals surface area contributed by atoms with Crippen LogP contribution in [0, 0.1) is 0 Å². The van der Waals surface area contributed by atoms with Crippen LogP contribution in [-0.4, -0.2) is 6.54 Å². The van der Waals surface area contributed by atoms with E-state index in [-0.39, 0.29) is 5.41 Å². The van der Waals surface area contributed by atoms with Gasteiger partial charge in [-0.05, 0) is 30.5 Å². The average Bonchev–Trinajstić information content (AvgIpc) is 2.66. The summed E-state index contributed by atoms with van der Waals surface area (Å²) in [7, 11) is 0. The first-order chi connectivity index (χ1) is 11.8. The number of fused-ring (bicyclic) bond motifs is 2. The predicted octanol–water partition coefficient (Wildman–Crippen LogP) is 4.67. The minimum atomic E-state index is -0.207. The van der Waals surface area contributed by atoms with Gasteiger partial charge in [0.1, 0.15) is 11.5 Å². The van der Waals surface area contributed by atoms with Crippen molar-refractivity contribution in [2.45, 2.75) is 18.3 Å². The molecule has 24 heavy (non-hydrogen) atoms. The van der Waals surface area contributed by atoms with Crippen LogP contribution < -0.4 is 10.5 Å². The molecule has 3 aromatic carbocycles. The summed E-state index contributed by atoms with van der Waals surface area (Å²) in [5.41, 5.74) is 9.90. The summed E-state index contributed by atoms with van der Waals surface area (Å²) in [5.74, 6) is 1.85. The van der Waals surface area contributed by atoms with E-state index in [1.807, 2.05) is 24.3 Å². The van der Waals surface area contributed by atoms with Crippen LogP contribution in [0.3, 0.4) is 0 Å². The Morgan fingerprint density at radius 2 is 1.25 bits per heavy atom. The van der Waals surface area contributed by atoms with Crippen LogP contribution in [0.25, 0.3) is 0 Å². The van der Waals surface area contributed by atoms with E-state index in [1.165, 1.54) is 16.7 Å². The summed E-state index contributed by atoms with van der Waals surface area (Å²) in [6, 6.07) is 27.2. The van der Waals surface area contributed by atoms with Crippen LogP contribution in [0.1, 0.15) is 23.1 Å². The van der Waals surface area contributed by atoms with Crippen LogP contribution in [0.4, 0.5) is 0 Å². The van der Waals surface area contributed by atoms with Gasteiger partial charge in [-0.1, -0.05) is 66.7 Å². The number of para-hydroxylation sites is 2. The van der Waals surface area contributed by atoms with Crippen molar-refractivity contribution in [2.75, 3.05) is 6.54 Å². The normalized spacial score (nSPS) is 14.4. The first-order valence-electron chi connectivity index (χ1n) is 8.44. The molecule has 0 spiro atoms. The number of hydrogen-bond acceptors (Lipinski definition) is 2. The maximum atomic E-state index is 6.38. The predicted molar refractivity (Wildman–Crippen MR) is 97.6 cm³/mol. The number of hydrogen-bond donors (Lipinski definition) is 1. The van der Waals surface area contributed by atoms with Crippen LogP contribution >= 0.6 is 0 Å². The second kappa shape index (κ2) is 6.14. The van der Waals surface area contributed by atoms with Gasteiger partial charge in [-0.3, -0.25) is 0 Å². The standard InChI is InChI=1S/C22H21NO/c23-16-22(15-14-17-8-2-1-3-9-17)18-10-4-6-12-20(18)24-21-13-7-5-11-19(21)22/h1-13H,14-16,23H2. The van der Waals surface area contributed by atoms with E-state index < -0.39 is 0 Å². The Morgan fingerprint density at radius 3 is 1.83 bits per heavy atom. The van der Waals surface area contributed by atoms with Crippen molar-refractivity contribution in [2.24, 2.45) is 5.73 Å². The topological polar surface area (TPSA) is 35.2 Å². The van der Waals surface area contributed by atoms with Crippen LogP contribution in [0.2, 0.25) is 0 Å². The zero-order valence-corrected chi connectivity index (χ0v) is 13.6. The molecule has 2 heteroatoms. The highest BCUT2D eigenvalue weighted by molar-refractivity contribution is 5.57. The molecule has 2 N–H and O–H groups in total. The van der Waals surface area contributed by atoms with E-state index in [9.17, 15) is 0 Å². The summed E-state index contributed by atoms with van der Waals surface area (Å²) in [6.07, 6.45) is 1.95. The number of nitrogens with two attached hydrogens (primary N) is 1. The molecule has 0 saturated carbocycles. The van der Waals surface area contributed by atoms with Crippen molar-refractivity contribution in [3.63, 3.8) is 0 Å². The highest BCUT2D eigenvalue weighted by Gasteiger charge is 2.40. The van der Waals surface area contributed by atoms with Crippen molar-refractivity contribution in [1.82, 2.24) is 0 Å². The fourth-order valence-corrected chi connectivity index (χ4v) is 3.76. The van der Waals surface area contributed by atoms with Crippen molar-refractivity contribution in [3.8, 4) is 11.5 Å². The molecule has 120 valence electrons. The van der Waals surface area contributed by atoms with Crippen molar-refractivity contribution < 1.29 is 4.74 Å². The highest BCUT2D eigenvalue weighted by atomic mass is 16.5. The fraction of sp³-hybridized carbons (Fsp3) is 0.182. The molecule has 0 saturated heterocycles. The summed E-state index contributed by atoms with van der Waals surface area (Å²) in [5, 5.41) is 0. The highest BCUT2D eigenvalue weighted by Crippen LogP contribution is 2.49. The van der Waals surface area contributed by atoms with E-state index in [0.717, 1.165) is 24.3 Å². The Bertz CT molecular complexity index is 796. The summed E-state index contributed by atoms with van der Waals surface area (Å²) in [4.78, 5) is 0. The lowest BCUT2D eigenvalue weighted by molar-refractivity contribution is 0.379. The van der Waals surface area contributed by atoms with Crippen LogP contribution in [0.15, 0.2) is 78.9 Å². The summed E-state index contributed by atoms with van der Waals surface area (Å²) in [6.45, 7) is 0.567. The molecule has 2 nitrogen and oxygen atoms in total. The van der Waals surface area contributed by atoms with E-state index in [1.54, 1.807) is 0 Å². The molecule has 0 amide bonds. The first kappa shape index (κ1) is 15.0. The minimum Gasteiger partial charge on any atom is -0.457 e. The molecular weight excluding hydrogens is 294 g/mol. The second-order valence-corrected chi connectivity index (χ2v) is 6.37. The van der Waals surface area contributed by atoms with Gasteiger partial charge in [0, 0.05) is 23.1 Å². The molecule has 0 fully saturated rings. The molecule has 0 atom stereocenters. The molecule has 0 radical (unpaired) electrons. The van der Waals surface area contributed by atoms with Gasteiger partial charge in [0.15, 0.2) is 0 Å². The Balaban J connectivity index is 1.81. The van der Waals surface area contributed by atoms with Gasteiger partial charge in [0.05, 0.1) is 0 Å². The number of rotatable bonds is 4. The first-order valence-corrected chi connectivity index (χ1v) is 8.44. The third kappa shape index (κ3) is 2.40. The zero-order chi connectivity index (χ0) is 16.4. The molecule has 0 aromatic heterocycles. The third-order valence-electron chi connectivity index (χ3n) is 5.06. The quantitative estimate of drug-likeness (QED) is 0.759. The lowest BCUT2D eigenvalue weighted by atomic mass is 9.69. The van der Waals surface area contributed by atoms with Gasteiger partial charge in [-0.15, -0.1) is 0 Å². The second-order valence-electron chi connectivity index (χ2n) is 6.37. The van der Waals surface area contributed by atoms with E-state index in [4.69, 9.17) is 10.5 Å². The van der Waals surface area contributed by atoms with Gasteiger partial charge >= 0.3 is 0 Å². The van der Waals surface area contributed by atoms with E-state index in [2.05, 4.69) is 54.6 Å². The monoisotopic (exact) mass is 315 g/mol. The van der Waals surface area contributed by atoms with Crippen LogP contribution in [0.5, 0.6) is 11.5 Å². The van der Waals surface area contributed by atoms with Crippen molar-refractivity contribution in [3.05, 3.63) is 95.6 Å². The number of ether oxygens (including phenoxy) is 1. The Hall–Kier alpha value is -2.58. The van der Waals surface area contributed by atoms with Crippen molar-refractivity contribution in [1.29, 1.82) is 0 Å². The maximum absolute atomic E-state index is 6.38. The molecule has 0 aliphatic carbocycles. The Morgan fingerprint density at radius 1 is 0.708 bits per heavy atom. The van der Waals surface area contributed by atoms with E-state index >= 15 is 0 Å². The molecule has 0 bridgehead atoms. The fourth-order valence-electron chi connectivity index (χ4n) is 3.76. The summed E-state index contributed by atoms with van der Waals surface area (Å²) >= 11 is 0. The van der Waals surface area contributed by atoms with Gasteiger partial charge in [0.25, 0.3) is 0 Å². The molecule has 4 rings (SSSR count). The minimum absolute atomic E-state index is 0.207. The van der Waals surface area contributed by atoms with Crippen LogP contribution in [-0.2, 0) is 11.8 Å². The SMILES string of the molecule is NCC1(CCc2ccccc2)c2ccccc2Oc2ccccc21. The average molecular weight is 315 g/mol. The molecule has 1 aliphatic rings. The summed E-state index contributed by atoms with van der Waals surface area (Å²) < 4.78 is 6.13. The lowest BCUT2D eigenvalue weighted by Crippen LogP contribution is -2.39. The number of aryl methyl sites for hydroxylation is 1. The zero-order valence-electron chi connectivity index (χ0n) is 13.6. The Kier molecular flexibility index (Phi) is 3.83. The van der Waals surface area contributed by atoms with Gasteiger partial charge in [-0.2, -0.15) is 0 Å². The Labute approximate surface area is 142 Å². The molecule has 1 heterocycles.